The van der Waals surface area contributed by atoms with Crippen LogP contribution in [0.15, 0.2) is 29.8 Å². The molecule has 0 aliphatic heterocycles. The van der Waals surface area contributed by atoms with Crippen molar-refractivity contribution in [3.63, 3.8) is 0 Å². The molecule has 6 nitrogen and oxygen atoms in total. The first-order valence-electron chi connectivity index (χ1n) is 17.7. The van der Waals surface area contributed by atoms with E-state index in [0.29, 0.717) is 16.1 Å². The van der Waals surface area contributed by atoms with E-state index in [1.807, 2.05) is 18.2 Å². The van der Waals surface area contributed by atoms with Crippen molar-refractivity contribution in [2.75, 3.05) is 5.32 Å². The van der Waals surface area contributed by atoms with E-state index >= 15 is 0 Å². The Kier molecular flexibility index (Phi) is 7.52. The van der Waals surface area contributed by atoms with Crippen LogP contribution in [0.25, 0.3) is 10.2 Å². The molecule has 5 aliphatic rings. The fourth-order valence-corrected chi connectivity index (χ4v) is 13.1. The average molecular weight is 679 g/mol. The zero-order valence-corrected chi connectivity index (χ0v) is 30.9. The minimum absolute atomic E-state index is 0.00798. The molecule has 254 valence electrons. The van der Waals surface area contributed by atoms with Crippen molar-refractivity contribution in [2.45, 2.75) is 119 Å². The maximum Gasteiger partial charge on any atom is 0.302 e. The van der Waals surface area contributed by atoms with Crippen LogP contribution in [0, 0.1) is 50.2 Å². The van der Waals surface area contributed by atoms with Gasteiger partial charge in [-0.15, -0.1) is 0 Å². The third-order valence-corrected chi connectivity index (χ3v) is 16.2. The highest BCUT2D eigenvalue weighted by Crippen LogP contribution is 2.75. The average Bonchev–Trinajstić information content (AvgIpc) is 3.40. The number of rotatable bonds is 3. The highest BCUT2D eigenvalue weighted by Gasteiger charge is 2.70. The number of carbonyl (C=O) groups is 3. The van der Waals surface area contributed by atoms with E-state index in [4.69, 9.17) is 16.3 Å². The Hall–Kier alpha value is -2.25. The van der Waals surface area contributed by atoms with Gasteiger partial charge in [0.05, 0.1) is 9.72 Å². The highest BCUT2D eigenvalue weighted by molar-refractivity contribution is 7.22. The first-order valence-corrected chi connectivity index (χ1v) is 18.9. The van der Waals surface area contributed by atoms with Crippen molar-refractivity contribution in [1.29, 1.82) is 0 Å². The van der Waals surface area contributed by atoms with Crippen LogP contribution < -0.4 is 5.32 Å². The van der Waals surface area contributed by atoms with Gasteiger partial charge in [-0.2, -0.15) is 0 Å². The van der Waals surface area contributed by atoms with E-state index < -0.39 is 5.41 Å². The fourth-order valence-electron chi connectivity index (χ4n) is 12.0. The number of nitrogens with zero attached hydrogens (tertiary/aromatic N) is 1. The largest absolute Gasteiger partial charge is 0.462 e. The number of thiazole rings is 1. The topological polar surface area (TPSA) is 85.4 Å². The third kappa shape index (κ3) is 4.67. The van der Waals surface area contributed by atoms with Crippen LogP contribution >= 0.6 is 22.9 Å². The monoisotopic (exact) mass is 678 g/mol. The van der Waals surface area contributed by atoms with Gasteiger partial charge in [0.2, 0.25) is 5.91 Å². The molecule has 1 N–H and O–H groups in total. The normalized spacial score (nSPS) is 42.3. The summed E-state index contributed by atoms with van der Waals surface area (Å²) in [6.07, 6.45) is 10.3. The van der Waals surface area contributed by atoms with Gasteiger partial charge in [-0.05, 0) is 109 Å². The number of fused-ring (bicyclic) bond motifs is 8. The van der Waals surface area contributed by atoms with Crippen molar-refractivity contribution in [3.05, 3.63) is 34.9 Å². The molecular weight excluding hydrogens is 628 g/mol. The Labute approximate surface area is 288 Å². The lowest BCUT2D eigenvalue weighted by molar-refractivity contribution is -0.210. The summed E-state index contributed by atoms with van der Waals surface area (Å²) in [5.74, 6) is 0.452. The summed E-state index contributed by atoms with van der Waals surface area (Å²) in [6.45, 7) is 17.8. The van der Waals surface area contributed by atoms with Gasteiger partial charge in [0.25, 0.3) is 0 Å². The van der Waals surface area contributed by atoms with Crippen LogP contribution in [0.5, 0.6) is 0 Å². The Balaban J connectivity index is 1.21. The molecule has 1 heterocycles. The molecular formula is C39H51ClN2O4S. The molecule has 5 aliphatic carbocycles. The molecule has 1 aromatic heterocycles. The van der Waals surface area contributed by atoms with Crippen LogP contribution in [0.1, 0.15) is 113 Å². The van der Waals surface area contributed by atoms with Crippen LogP contribution in [-0.2, 0) is 19.1 Å². The van der Waals surface area contributed by atoms with Crippen LogP contribution in [-0.4, -0.2) is 28.7 Å². The summed E-state index contributed by atoms with van der Waals surface area (Å²) in [5, 5.41) is 4.34. The Bertz CT molecular complexity index is 1720. The summed E-state index contributed by atoms with van der Waals surface area (Å²) in [4.78, 5) is 45.5. The number of hydrogen-bond donors (Lipinski definition) is 1. The van der Waals surface area contributed by atoms with E-state index in [2.05, 4.69) is 64.8 Å². The number of benzene rings is 1. The molecule has 8 heteroatoms. The number of halogens is 1. The summed E-state index contributed by atoms with van der Waals surface area (Å²) < 4.78 is 6.84. The molecule has 0 saturated heterocycles. The lowest BCUT2D eigenvalue weighted by atomic mass is 9.33. The van der Waals surface area contributed by atoms with Gasteiger partial charge in [-0.3, -0.25) is 14.4 Å². The minimum atomic E-state index is -0.575. The third-order valence-electron chi connectivity index (χ3n) is 15.0. The number of ketones is 1. The zero-order chi connectivity index (χ0) is 33.9. The van der Waals surface area contributed by atoms with E-state index in [-0.39, 0.29) is 62.7 Å². The number of carbonyl (C=O) groups excluding carboxylic acids is 3. The van der Waals surface area contributed by atoms with Crippen LogP contribution in [0.2, 0.25) is 5.02 Å². The second kappa shape index (κ2) is 10.6. The quantitative estimate of drug-likeness (QED) is 0.327. The van der Waals surface area contributed by atoms with E-state index in [0.717, 1.165) is 68.0 Å². The van der Waals surface area contributed by atoms with E-state index in [1.165, 1.54) is 23.8 Å². The molecule has 0 unspecified atom stereocenters. The molecule has 2 aromatic rings. The van der Waals surface area contributed by atoms with Gasteiger partial charge in [0.1, 0.15) is 11.6 Å². The molecule has 4 fully saturated rings. The number of hydrogen-bond acceptors (Lipinski definition) is 6. The number of anilines is 1. The molecule has 1 amide bonds. The van der Waals surface area contributed by atoms with Gasteiger partial charge in [0.15, 0.2) is 10.9 Å². The Morgan fingerprint density at radius 3 is 2.40 bits per heavy atom. The first-order chi connectivity index (χ1) is 21.9. The van der Waals surface area contributed by atoms with Crippen molar-refractivity contribution < 1.29 is 19.1 Å². The maximum atomic E-state index is 14.7. The smallest absolute Gasteiger partial charge is 0.302 e. The number of esters is 1. The lowest BCUT2D eigenvalue weighted by Gasteiger charge is -2.70. The Morgan fingerprint density at radius 1 is 0.979 bits per heavy atom. The zero-order valence-electron chi connectivity index (χ0n) is 29.3. The van der Waals surface area contributed by atoms with Gasteiger partial charge in [-0.25, -0.2) is 4.98 Å². The minimum Gasteiger partial charge on any atom is -0.462 e. The SMILES string of the molecule is CC(=O)O[C@H]1CC[C@]2(C)[C@H]3C(=O)C=C4[C@@H]5C[C@@](C)(C(=O)Nc6nc7c(Cl)cccc7s6)CC[C@]5(C)CC[C@@]4(C)[C@]3(C)CC[C@H]2C1(C)C. The number of amides is 1. The van der Waals surface area contributed by atoms with E-state index in [9.17, 15) is 14.4 Å². The van der Waals surface area contributed by atoms with Gasteiger partial charge >= 0.3 is 5.97 Å². The second-order valence-corrected chi connectivity index (χ2v) is 19.2. The molecule has 1 aromatic carbocycles. The molecule has 7 rings (SSSR count). The highest BCUT2D eigenvalue weighted by atomic mass is 35.5. The summed E-state index contributed by atoms with van der Waals surface area (Å²) >= 11 is 7.85. The molecule has 0 bridgehead atoms. The number of allylic oxidation sites excluding steroid dienone is 2. The number of ether oxygens (including phenoxy) is 1. The van der Waals surface area contributed by atoms with Crippen molar-refractivity contribution in [2.24, 2.45) is 50.2 Å². The Morgan fingerprint density at radius 2 is 1.70 bits per heavy atom. The van der Waals surface area contributed by atoms with Crippen molar-refractivity contribution >= 4 is 55.9 Å². The standard InChI is InChI=1S/C39H51ClN2O4S/c1-22(43)46-29-13-14-37(6)28(34(29,2)3)12-15-39(8)31(37)26(44)20-23-24-21-36(5,17-16-35(24,4)18-19-38(23,39)7)32(45)42-33-41-30-25(40)10-9-11-27(30)47-33/h9-11,20,24,28-29,31H,12-19,21H2,1-8H3,(H,41,42,45)/t24-,28-,29-,31+,35+,36-,37-,38+,39+/m0/s1. The van der Waals surface area contributed by atoms with E-state index in [1.54, 1.807) is 0 Å². The maximum absolute atomic E-state index is 14.7. The van der Waals surface area contributed by atoms with Gasteiger partial charge in [0, 0.05) is 23.7 Å². The van der Waals surface area contributed by atoms with Gasteiger partial charge in [-0.1, -0.05) is 83.0 Å². The van der Waals surface area contributed by atoms with Crippen molar-refractivity contribution in [1.82, 2.24) is 4.98 Å². The first kappa shape index (κ1) is 33.3. The molecule has 0 radical (unpaired) electrons. The summed E-state index contributed by atoms with van der Waals surface area (Å²) in [7, 11) is 0. The summed E-state index contributed by atoms with van der Waals surface area (Å²) in [6, 6.07) is 5.71. The predicted molar refractivity (Wildman–Crippen MR) is 188 cm³/mol. The predicted octanol–water partition coefficient (Wildman–Crippen LogP) is 9.80. The molecule has 4 saturated carbocycles. The number of para-hydroxylation sites is 1. The molecule has 9 atom stereocenters. The number of nitrogens with one attached hydrogen (secondary N) is 1. The fraction of sp³-hybridized carbons (Fsp3) is 0.692. The van der Waals surface area contributed by atoms with Gasteiger partial charge < -0.3 is 10.1 Å². The number of aromatic nitrogens is 1. The molecule has 0 spiro atoms. The second-order valence-electron chi connectivity index (χ2n) is 17.8. The summed E-state index contributed by atoms with van der Waals surface area (Å²) in [5.41, 5.74) is 0.827. The van der Waals surface area contributed by atoms with Crippen LogP contribution in [0.4, 0.5) is 5.13 Å². The van der Waals surface area contributed by atoms with Crippen LogP contribution in [0.3, 0.4) is 0 Å². The molecule has 47 heavy (non-hydrogen) atoms. The van der Waals surface area contributed by atoms with Crippen molar-refractivity contribution in [3.8, 4) is 0 Å². The lowest BCUT2D eigenvalue weighted by Crippen LogP contribution is -2.66.